The van der Waals surface area contributed by atoms with Crippen LogP contribution in [-0.2, 0) is 0 Å². The second kappa shape index (κ2) is 4.07. The minimum absolute atomic E-state index is 0.0573. The lowest BCUT2D eigenvalue weighted by Crippen LogP contribution is -2.38. The number of aliphatic hydroxyl groups excluding tert-OH is 1. The summed E-state index contributed by atoms with van der Waals surface area (Å²) in [6.07, 6.45) is 5.95. The molecule has 66 valence electrons. The van der Waals surface area contributed by atoms with Gasteiger partial charge in [0.15, 0.2) is 0 Å². The maximum absolute atomic E-state index is 9.63. The Morgan fingerprint density at radius 2 is 1.82 bits per heavy atom. The predicted molar refractivity (Wildman–Crippen MR) is 46.2 cm³/mol. The topological polar surface area (TPSA) is 46.2 Å². The lowest BCUT2D eigenvalue weighted by Gasteiger charge is -2.28. The first-order chi connectivity index (χ1) is 5.22. The van der Waals surface area contributed by atoms with Crippen molar-refractivity contribution in [3.8, 4) is 0 Å². The Balaban J connectivity index is 2.32. The van der Waals surface area contributed by atoms with Gasteiger partial charge in [-0.05, 0) is 25.7 Å². The van der Waals surface area contributed by atoms with Crippen LogP contribution in [0, 0.1) is 5.92 Å². The van der Waals surface area contributed by atoms with Crippen molar-refractivity contribution < 1.29 is 5.11 Å². The van der Waals surface area contributed by atoms with Gasteiger partial charge in [-0.3, -0.25) is 0 Å². The second-order valence-electron chi connectivity index (χ2n) is 3.75. The Morgan fingerprint density at radius 1 is 1.27 bits per heavy atom. The van der Waals surface area contributed by atoms with E-state index in [1.54, 1.807) is 0 Å². The molecule has 0 radical (unpaired) electrons. The van der Waals surface area contributed by atoms with Crippen LogP contribution in [0.2, 0.25) is 0 Å². The van der Waals surface area contributed by atoms with Crippen LogP contribution >= 0.6 is 0 Å². The average molecular weight is 157 g/mol. The molecule has 1 fully saturated rings. The van der Waals surface area contributed by atoms with E-state index in [1.165, 1.54) is 32.1 Å². The molecule has 0 amide bonds. The van der Waals surface area contributed by atoms with Crippen LogP contribution in [0.3, 0.4) is 0 Å². The molecule has 3 N–H and O–H groups in total. The standard InChI is InChI=1S/C9H19NO/c1-7(10)9(11)8-5-3-2-4-6-8/h7-9,11H,2-6,10H2,1H3/t7-,9?/m0/s1. The van der Waals surface area contributed by atoms with Crippen LogP contribution in [0.25, 0.3) is 0 Å². The molecule has 1 unspecified atom stereocenters. The average Bonchev–Trinajstić information content (AvgIpc) is 2.05. The van der Waals surface area contributed by atoms with Crippen molar-refractivity contribution >= 4 is 0 Å². The maximum atomic E-state index is 9.63. The summed E-state index contributed by atoms with van der Waals surface area (Å²) in [5, 5.41) is 9.63. The minimum Gasteiger partial charge on any atom is -0.391 e. The van der Waals surface area contributed by atoms with Crippen molar-refractivity contribution in [3.63, 3.8) is 0 Å². The molecule has 2 heteroatoms. The second-order valence-corrected chi connectivity index (χ2v) is 3.75. The quantitative estimate of drug-likeness (QED) is 0.634. The van der Waals surface area contributed by atoms with Gasteiger partial charge in [0.05, 0.1) is 6.10 Å². The third kappa shape index (κ3) is 2.46. The zero-order valence-electron chi connectivity index (χ0n) is 7.29. The molecule has 2 nitrogen and oxygen atoms in total. The molecule has 1 saturated carbocycles. The molecule has 0 bridgehead atoms. The predicted octanol–water partition coefficient (Wildman–Crippen LogP) is 1.27. The molecule has 0 aromatic rings. The highest BCUT2D eigenvalue weighted by molar-refractivity contribution is 4.78. The van der Waals surface area contributed by atoms with Crippen molar-refractivity contribution in [1.82, 2.24) is 0 Å². The van der Waals surface area contributed by atoms with Gasteiger partial charge in [-0.2, -0.15) is 0 Å². The van der Waals surface area contributed by atoms with Gasteiger partial charge in [0.1, 0.15) is 0 Å². The number of hydrogen-bond donors (Lipinski definition) is 2. The summed E-state index contributed by atoms with van der Waals surface area (Å²) in [6, 6.07) is -0.0573. The van der Waals surface area contributed by atoms with Gasteiger partial charge < -0.3 is 10.8 Å². The number of aliphatic hydroxyl groups is 1. The van der Waals surface area contributed by atoms with Gasteiger partial charge in [0.25, 0.3) is 0 Å². The number of nitrogens with two attached hydrogens (primary N) is 1. The van der Waals surface area contributed by atoms with Gasteiger partial charge >= 0.3 is 0 Å². The van der Waals surface area contributed by atoms with E-state index in [0.29, 0.717) is 5.92 Å². The highest BCUT2D eigenvalue weighted by atomic mass is 16.3. The van der Waals surface area contributed by atoms with E-state index in [2.05, 4.69) is 0 Å². The van der Waals surface area contributed by atoms with Gasteiger partial charge in [-0.25, -0.2) is 0 Å². The molecule has 0 spiro atoms. The van der Waals surface area contributed by atoms with Crippen LogP contribution in [0.5, 0.6) is 0 Å². The van der Waals surface area contributed by atoms with E-state index in [9.17, 15) is 5.11 Å². The lowest BCUT2D eigenvalue weighted by atomic mass is 9.83. The fourth-order valence-electron chi connectivity index (χ4n) is 1.90. The minimum atomic E-state index is -0.268. The Kier molecular flexibility index (Phi) is 3.34. The van der Waals surface area contributed by atoms with Crippen LogP contribution in [-0.4, -0.2) is 17.3 Å². The molecule has 2 atom stereocenters. The Labute approximate surface area is 68.8 Å². The first kappa shape index (κ1) is 9.01. The molecule has 0 heterocycles. The largest absolute Gasteiger partial charge is 0.391 e. The van der Waals surface area contributed by atoms with Gasteiger partial charge in [-0.15, -0.1) is 0 Å². The van der Waals surface area contributed by atoms with E-state index in [1.807, 2.05) is 6.92 Å². The SMILES string of the molecule is C[C@H](N)C(O)C1CCCCC1. The number of rotatable bonds is 2. The van der Waals surface area contributed by atoms with Crippen molar-refractivity contribution in [2.75, 3.05) is 0 Å². The summed E-state index contributed by atoms with van der Waals surface area (Å²) >= 11 is 0. The fourth-order valence-corrected chi connectivity index (χ4v) is 1.90. The summed E-state index contributed by atoms with van der Waals surface area (Å²) < 4.78 is 0. The molecule has 1 aliphatic carbocycles. The van der Waals surface area contributed by atoms with Gasteiger partial charge in [0, 0.05) is 6.04 Å². The van der Waals surface area contributed by atoms with Crippen molar-refractivity contribution in [2.45, 2.75) is 51.2 Å². The van der Waals surface area contributed by atoms with Crippen LogP contribution in [0.15, 0.2) is 0 Å². The summed E-state index contributed by atoms with van der Waals surface area (Å²) in [4.78, 5) is 0. The summed E-state index contributed by atoms with van der Waals surface area (Å²) in [6.45, 7) is 1.89. The monoisotopic (exact) mass is 157 g/mol. The van der Waals surface area contributed by atoms with Crippen molar-refractivity contribution in [1.29, 1.82) is 0 Å². The van der Waals surface area contributed by atoms with Crippen molar-refractivity contribution in [3.05, 3.63) is 0 Å². The zero-order chi connectivity index (χ0) is 8.27. The third-order valence-corrected chi connectivity index (χ3v) is 2.67. The van der Waals surface area contributed by atoms with Crippen LogP contribution in [0.1, 0.15) is 39.0 Å². The van der Waals surface area contributed by atoms with E-state index >= 15 is 0 Å². The molecule has 0 aliphatic heterocycles. The Hall–Kier alpha value is -0.0800. The molecular weight excluding hydrogens is 138 g/mol. The van der Waals surface area contributed by atoms with E-state index in [0.717, 1.165) is 0 Å². The highest BCUT2D eigenvalue weighted by Crippen LogP contribution is 2.27. The van der Waals surface area contributed by atoms with Crippen LogP contribution in [0.4, 0.5) is 0 Å². The first-order valence-electron chi connectivity index (χ1n) is 4.65. The Bertz CT molecular complexity index is 108. The molecule has 1 aliphatic rings. The Morgan fingerprint density at radius 3 is 2.27 bits per heavy atom. The van der Waals surface area contributed by atoms with Crippen molar-refractivity contribution in [2.24, 2.45) is 11.7 Å². The van der Waals surface area contributed by atoms with Crippen LogP contribution < -0.4 is 5.73 Å². The summed E-state index contributed by atoms with van der Waals surface area (Å²) in [5.41, 5.74) is 5.62. The van der Waals surface area contributed by atoms with E-state index in [-0.39, 0.29) is 12.1 Å². The molecule has 0 saturated heterocycles. The zero-order valence-corrected chi connectivity index (χ0v) is 7.29. The van der Waals surface area contributed by atoms with Gasteiger partial charge in [0.2, 0.25) is 0 Å². The van der Waals surface area contributed by atoms with E-state index in [4.69, 9.17) is 5.73 Å². The lowest BCUT2D eigenvalue weighted by molar-refractivity contribution is 0.0670. The smallest absolute Gasteiger partial charge is 0.0716 e. The van der Waals surface area contributed by atoms with Gasteiger partial charge in [-0.1, -0.05) is 19.3 Å². The molecule has 11 heavy (non-hydrogen) atoms. The third-order valence-electron chi connectivity index (χ3n) is 2.67. The molecular formula is C9H19NO. The molecule has 1 rings (SSSR count). The highest BCUT2D eigenvalue weighted by Gasteiger charge is 2.23. The first-order valence-corrected chi connectivity index (χ1v) is 4.65. The maximum Gasteiger partial charge on any atom is 0.0716 e. The summed E-state index contributed by atoms with van der Waals surface area (Å²) in [7, 11) is 0. The fraction of sp³-hybridized carbons (Fsp3) is 1.00. The molecule has 0 aromatic heterocycles. The molecule has 0 aromatic carbocycles. The number of hydrogen-bond acceptors (Lipinski definition) is 2. The summed E-state index contributed by atoms with van der Waals surface area (Å²) in [5.74, 6) is 0.476. The normalized spacial score (nSPS) is 26.5. The van der Waals surface area contributed by atoms with E-state index < -0.39 is 0 Å².